The molecule has 0 saturated carbocycles. The minimum Gasteiger partial charge on any atom is -0.363 e. The highest BCUT2D eigenvalue weighted by Crippen LogP contribution is 2.12. The first-order valence-corrected chi connectivity index (χ1v) is 4.42. The fraction of sp³-hybridized carbons (Fsp3) is 0.444. The standard InChI is InChI=1S/C9H12N4/c1-13-7-2-4-8(13)12-9-10-5-3-6-11-9/h3,5-6H,2,4,7H2,1H3/b12-8-. The number of hydrogen-bond donors (Lipinski definition) is 0. The van der Waals surface area contributed by atoms with Gasteiger partial charge in [-0.1, -0.05) is 0 Å². The van der Waals surface area contributed by atoms with Crippen LogP contribution in [0, 0.1) is 0 Å². The summed E-state index contributed by atoms with van der Waals surface area (Å²) in [7, 11) is 2.05. The molecule has 0 aromatic carbocycles. The second-order valence-corrected chi connectivity index (χ2v) is 3.10. The maximum atomic E-state index is 4.36. The second kappa shape index (κ2) is 3.51. The Morgan fingerprint density at radius 2 is 2.15 bits per heavy atom. The molecule has 0 aliphatic carbocycles. The van der Waals surface area contributed by atoms with E-state index in [4.69, 9.17) is 0 Å². The lowest BCUT2D eigenvalue weighted by Crippen LogP contribution is -2.18. The average Bonchev–Trinajstić information content (AvgIpc) is 2.54. The van der Waals surface area contributed by atoms with E-state index in [2.05, 4.69) is 26.9 Å². The third-order valence-electron chi connectivity index (χ3n) is 2.12. The number of rotatable bonds is 1. The Labute approximate surface area is 77.3 Å². The number of nitrogens with zero attached hydrogens (tertiary/aromatic N) is 4. The third-order valence-corrected chi connectivity index (χ3v) is 2.12. The van der Waals surface area contributed by atoms with Gasteiger partial charge >= 0.3 is 0 Å². The van der Waals surface area contributed by atoms with Gasteiger partial charge in [-0.3, -0.25) is 0 Å². The van der Waals surface area contributed by atoms with Crippen LogP contribution >= 0.6 is 0 Å². The molecule has 1 saturated heterocycles. The Morgan fingerprint density at radius 3 is 2.77 bits per heavy atom. The summed E-state index contributed by atoms with van der Waals surface area (Å²) in [5.74, 6) is 1.65. The Kier molecular flexibility index (Phi) is 2.21. The molecule has 1 aromatic rings. The van der Waals surface area contributed by atoms with Crippen molar-refractivity contribution in [1.29, 1.82) is 0 Å². The van der Waals surface area contributed by atoms with Gasteiger partial charge in [-0.25, -0.2) is 9.97 Å². The first-order chi connectivity index (χ1) is 6.36. The van der Waals surface area contributed by atoms with E-state index < -0.39 is 0 Å². The fourth-order valence-corrected chi connectivity index (χ4v) is 1.40. The van der Waals surface area contributed by atoms with Gasteiger partial charge in [-0.2, -0.15) is 4.99 Å². The Hall–Kier alpha value is -1.45. The number of likely N-dealkylation sites (tertiary alicyclic amines) is 1. The smallest absolute Gasteiger partial charge is 0.250 e. The summed E-state index contributed by atoms with van der Waals surface area (Å²) >= 11 is 0. The molecule has 2 heterocycles. The van der Waals surface area contributed by atoms with Crippen LogP contribution < -0.4 is 0 Å². The first-order valence-electron chi connectivity index (χ1n) is 4.42. The lowest BCUT2D eigenvalue weighted by atomic mass is 10.4. The Bertz CT molecular complexity index is 307. The van der Waals surface area contributed by atoms with Crippen molar-refractivity contribution in [1.82, 2.24) is 14.9 Å². The van der Waals surface area contributed by atoms with Gasteiger partial charge in [0.15, 0.2) is 0 Å². The summed E-state index contributed by atoms with van der Waals surface area (Å²) in [5.41, 5.74) is 0. The van der Waals surface area contributed by atoms with E-state index in [-0.39, 0.29) is 0 Å². The van der Waals surface area contributed by atoms with Crippen molar-refractivity contribution in [3.63, 3.8) is 0 Å². The molecule has 1 aromatic heterocycles. The molecule has 0 amide bonds. The number of aromatic nitrogens is 2. The molecule has 4 heteroatoms. The highest BCUT2D eigenvalue weighted by molar-refractivity contribution is 5.85. The van der Waals surface area contributed by atoms with Crippen molar-refractivity contribution >= 4 is 11.8 Å². The van der Waals surface area contributed by atoms with Gasteiger partial charge in [-0.05, 0) is 12.5 Å². The molecule has 0 N–H and O–H groups in total. The van der Waals surface area contributed by atoms with E-state index in [1.807, 2.05) is 0 Å². The molecule has 0 spiro atoms. The van der Waals surface area contributed by atoms with E-state index in [1.165, 1.54) is 6.42 Å². The van der Waals surface area contributed by atoms with Crippen LogP contribution in [-0.4, -0.2) is 34.3 Å². The number of aliphatic imine (C=N–C) groups is 1. The minimum absolute atomic E-state index is 0.561. The van der Waals surface area contributed by atoms with Crippen LogP contribution in [0.3, 0.4) is 0 Å². The van der Waals surface area contributed by atoms with Gasteiger partial charge in [0.2, 0.25) is 0 Å². The highest BCUT2D eigenvalue weighted by atomic mass is 15.2. The Balaban J connectivity index is 2.20. The van der Waals surface area contributed by atoms with Gasteiger partial charge in [0.25, 0.3) is 5.95 Å². The normalized spacial score (nSPS) is 19.8. The highest BCUT2D eigenvalue weighted by Gasteiger charge is 2.14. The number of amidine groups is 1. The second-order valence-electron chi connectivity index (χ2n) is 3.10. The van der Waals surface area contributed by atoms with Gasteiger partial charge in [0.05, 0.1) is 0 Å². The molecule has 2 rings (SSSR count). The molecule has 4 nitrogen and oxygen atoms in total. The summed E-state index contributed by atoms with van der Waals surface area (Å²) < 4.78 is 0. The summed E-state index contributed by atoms with van der Waals surface area (Å²) in [4.78, 5) is 14.6. The number of hydrogen-bond acceptors (Lipinski definition) is 3. The van der Waals surface area contributed by atoms with E-state index in [0.29, 0.717) is 5.95 Å². The zero-order valence-electron chi connectivity index (χ0n) is 7.64. The predicted octanol–water partition coefficient (Wildman–Crippen LogP) is 1.23. The van der Waals surface area contributed by atoms with Crippen molar-refractivity contribution in [2.45, 2.75) is 12.8 Å². The van der Waals surface area contributed by atoms with Gasteiger partial charge < -0.3 is 4.90 Å². The van der Waals surface area contributed by atoms with Crippen LogP contribution in [0.15, 0.2) is 23.5 Å². The molecule has 1 fully saturated rings. The third kappa shape index (κ3) is 1.83. The molecule has 68 valence electrons. The molecule has 0 radical (unpaired) electrons. The van der Waals surface area contributed by atoms with Crippen LogP contribution in [0.4, 0.5) is 5.95 Å². The topological polar surface area (TPSA) is 41.4 Å². The van der Waals surface area contributed by atoms with Gasteiger partial charge in [-0.15, -0.1) is 0 Å². The van der Waals surface area contributed by atoms with Crippen LogP contribution in [0.2, 0.25) is 0 Å². The van der Waals surface area contributed by atoms with E-state index in [1.54, 1.807) is 18.5 Å². The quantitative estimate of drug-likeness (QED) is 0.646. The van der Waals surface area contributed by atoms with Crippen LogP contribution in [0.5, 0.6) is 0 Å². The largest absolute Gasteiger partial charge is 0.363 e. The van der Waals surface area contributed by atoms with E-state index in [0.717, 1.165) is 18.8 Å². The van der Waals surface area contributed by atoms with E-state index >= 15 is 0 Å². The monoisotopic (exact) mass is 176 g/mol. The zero-order valence-corrected chi connectivity index (χ0v) is 7.64. The minimum atomic E-state index is 0.561. The van der Waals surface area contributed by atoms with Crippen LogP contribution in [0.25, 0.3) is 0 Å². The first kappa shape index (κ1) is 8.16. The van der Waals surface area contributed by atoms with Crippen molar-refractivity contribution in [2.75, 3.05) is 13.6 Å². The molecule has 13 heavy (non-hydrogen) atoms. The maximum absolute atomic E-state index is 4.36. The molecular formula is C9H12N4. The van der Waals surface area contributed by atoms with Crippen LogP contribution in [0.1, 0.15) is 12.8 Å². The summed E-state index contributed by atoms with van der Waals surface area (Å²) in [6, 6.07) is 1.79. The SMILES string of the molecule is CN1CCC/C1=N/c1ncccn1. The average molecular weight is 176 g/mol. The summed E-state index contributed by atoms with van der Waals surface area (Å²) in [6.07, 6.45) is 5.64. The molecule has 1 aliphatic heterocycles. The molecule has 0 atom stereocenters. The van der Waals surface area contributed by atoms with Gasteiger partial charge in [0, 0.05) is 32.4 Å². The summed E-state index contributed by atoms with van der Waals surface area (Å²) in [6.45, 7) is 1.09. The predicted molar refractivity (Wildman–Crippen MR) is 51.0 cm³/mol. The lowest BCUT2D eigenvalue weighted by molar-refractivity contribution is 0.549. The van der Waals surface area contributed by atoms with Crippen molar-refractivity contribution < 1.29 is 0 Å². The zero-order chi connectivity index (χ0) is 9.10. The van der Waals surface area contributed by atoms with E-state index in [9.17, 15) is 0 Å². The Morgan fingerprint density at radius 1 is 1.38 bits per heavy atom. The lowest BCUT2D eigenvalue weighted by Gasteiger charge is -2.09. The maximum Gasteiger partial charge on any atom is 0.250 e. The molecule has 1 aliphatic rings. The van der Waals surface area contributed by atoms with Crippen LogP contribution in [-0.2, 0) is 0 Å². The fourth-order valence-electron chi connectivity index (χ4n) is 1.40. The molecule has 0 bridgehead atoms. The van der Waals surface area contributed by atoms with Gasteiger partial charge in [0.1, 0.15) is 5.84 Å². The van der Waals surface area contributed by atoms with Crippen molar-refractivity contribution in [2.24, 2.45) is 4.99 Å². The van der Waals surface area contributed by atoms with Crippen molar-refractivity contribution in [3.8, 4) is 0 Å². The molecular weight excluding hydrogens is 164 g/mol. The molecule has 0 unspecified atom stereocenters. The van der Waals surface area contributed by atoms with Crippen molar-refractivity contribution in [3.05, 3.63) is 18.5 Å². The summed E-state index contributed by atoms with van der Waals surface area (Å²) in [5, 5.41) is 0.